The Bertz CT molecular complexity index is 482. The first kappa shape index (κ1) is 15.7. The summed E-state index contributed by atoms with van der Waals surface area (Å²) in [5.41, 5.74) is -0.427. The van der Waals surface area contributed by atoms with Crippen LogP contribution in [0.2, 0.25) is 0 Å². The molecule has 116 valence electrons. The molecule has 0 atom stereocenters. The molecular weight excluding hydrogens is 281 g/mol. The summed E-state index contributed by atoms with van der Waals surface area (Å²) in [7, 11) is 0. The minimum absolute atomic E-state index is 0.0161. The van der Waals surface area contributed by atoms with E-state index in [-0.39, 0.29) is 18.5 Å². The summed E-state index contributed by atoms with van der Waals surface area (Å²) < 4.78 is 37.7. The van der Waals surface area contributed by atoms with E-state index in [2.05, 4.69) is 10.6 Å². The third-order valence-electron chi connectivity index (χ3n) is 3.61. The van der Waals surface area contributed by atoms with Gasteiger partial charge in [0.15, 0.2) is 0 Å². The van der Waals surface area contributed by atoms with Crippen molar-refractivity contribution in [2.45, 2.75) is 44.3 Å². The third-order valence-corrected chi connectivity index (χ3v) is 3.61. The second-order valence-corrected chi connectivity index (χ2v) is 5.33. The number of anilines is 1. The Hall–Kier alpha value is -1.72. The lowest BCUT2D eigenvalue weighted by Gasteiger charge is -2.22. The second kappa shape index (κ2) is 6.83. The Morgan fingerprint density at radius 3 is 2.57 bits per heavy atom. The minimum atomic E-state index is -4.37. The van der Waals surface area contributed by atoms with Crippen LogP contribution in [0.15, 0.2) is 24.3 Å². The number of alkyl halides is 3. The van der Waals surface area contributed by atoms with Crippen molar-refractivity contribution in [2.75, 3.05) is 11.9 Å². The fourth-order valence-corrected chi connectivity index (χ4v) is 2.51. The fraction of sp³-hybridized carbons (Fsp3) is 0.533. The standard InChI is InChI=1S/C15H19F3N2O/c16-15(17,18)11-5-4-8-13(9-11)19-10-14(21)20-12-6-2-1-3-7-12/h4-5,8-9,12,19H,1-3,6-7,10H2,(H,20,21). The van der Waals surface area contributed by atoms with Gasteiger partial charge in [-0.05, 0) is 31.0 Å². The van der Waals surface area contributed by atoms with Crippen LogP contribution >= 0.6 is 0 Å². The monoisotopic (exact) mass is 300 g/mol. The van der Waals surface area contributed by atoms with Crippen molar-refractivity contribution in [2.24, 2.45) is 0 Å². The van der Waals surface area contributed by atoms with Gasteiger partial charge in [-0.2, -0.15) is 13.2 Å². The Morgan fingerprint density at radius 1 is 1.19 bits per heavy atom. The number of benzene rings is 1. The van der Waals surface area contributed by atoms with Crippen molar-refractivity contribution < 1.29 is 18.0 Å². The van der Waals surface area contributed by atoms with Gasteiger partial charge < -0.3 is 10.6 Å². The van der Waals surface area contributed by atoms with Crippen molar-refractivity contribution in [1.82, 2.24) is 5.32 Å². The molecule has 0 radical (unpaired) electrons. The Balaban J connectivity index is 1.83. The van der Waals surface area contributed by atoms with Crippen LogP contribution in [0.3, 0.4) is 0 Å². The molecule has 2 rings (SSSR count). The quantitative estimate of drug-likeness (QED) is 0.892. The molecule has 0 spiro atoms. The van der Waals surface area contributed by atoms with Crippen LogP contribution in [0.5, 0.6) is 0 Å². The van der Waals surface area contributed by atoms with Gasteiger partial charge in [-0.3, -0.25) is 4.79 Å². The molecule has 0 unspecified atom stereocenters. The lowest BCUT2D eigenvalue weighted by atomic mass is 9.95. The number of hydrogen-bond donors (Lipinski definition) is 2. The molecule has 0 bridgehead atoms. The van der Waals surface area contributed by atoms with Crippen molar-refractivity contribution in [1.29, 1.82) is 0 Å². The van der Waals surface area contributed by atoms with Crippen LogP contribution in [-0.4, -0.2) is 18.5 Å². The molecule has 1 amide bonds. The van der Waals surface area contributed by atoms with Crippen LogP contribution in [0.1, 0.15) is 37.7 Å². The number of rotatable bonds is 4. The number of nitrogens with one attached hydrogen (secondary N) is 2. The number of carbonyl (C=O) groups is 1. The van der Waals surface area contributed by atoms with Crippen molar-refractivity contribution >= 4 is 11.6 Å². The molecule has 1 fully saturated rings. The van der Waals surface area contributed by atoms with Gasteiger partial charge in [0, 0.05) is 11.7 Å². The maximum absolute atomic E-state index is 12.6. The smallest absolute Gasteiger partial charge is 0.376 e. The predicted octanol–water partition coefficient (Wildman–Crippen LogP) is 3.57. The highest BCUT2D eigenvalue weighted by atomic mass is 19.4. The van der Waals surface area contributed by atoms with Gasteiger partial charge in [0.2, 0.25) is 5.91 Å². The molecule has 3 nitrogen and oxygen atoms in total. The summed E-state index contributed by atoms with van der Waals surface area (Å²) in [5.74, 6) is -0.181. The van der Waals surface area contributed by atoms with Gasteiger partial charge in [-0.15, -0.1) is 0 Å². The topological polar surface area (TPSA) is 41.1 Å². The van der Waals surface area contributed by atoms with E-state index in [0.717, 1.165) is 37.8 Å². The highest BCUT2D eigenvalue weighted by molar-refractivity contribution is 5.81. The first-order valence-corrected chi connectivity index (χ1v) is 7.15. The van der Waals surface area contributed by atoms with Crippen LogP contribution in [0.4, 0.5) is 18.9 Å². The lowest BCUT2D eigenvalue weighted by molar-refractivity contribution is -0.137. The molecule has 1 aliphatic rings. The van der Waals surface area contributed by atoms with Gasteiger partial charge in [0.1, 0.15) is 0 Å². The highest BCUT2D eigenvalue weighted by Crippen LogP contribution is 2.30. The highest BCUT2D eigenvalue weighted by Gasteiger charge is 2.30. The first-order valence-electron chi connectivity index (χ1n) is 7.15. The SMILES string of the molecule is O=C(CNc1cccc(C(F)(F)F)c1)NC1CCCCC1. The molecule has 1 aliphatic carbocycles. The largest absolute Gasteiger partial charge is 0.416 e. The molecule has 0 aromatic heterocycles. The van der Waals surface area contributed by atoms with E-state index in [1.165, 1.54) is 18.6 Å². The molecular formula is C15H19F3N2O. The van der Waals surface area contributed by atoms with Crippen LogP contribution in [-0.2, 0) is 11.0 Å². The second-order valence-electron chi connectivity index (χ2n) is 5.33. The lowest BCUT2D eigenvalue weighted by Crippen LogP contribution is -2.39. The van der Waals surface area contributed by atoms with E-state index in [1.54, 1.807) is 0 Å². The van der Waals surface area contributed by atoms with Crippen LogP contribution in [0.25, 0.3) is 0 Å². The van der Waals surface area contributed by atoms with Crippen LogP contribution in [0, 0.1) is 0 Å². The van der Waals surface area contributed by atoms with Crippen molar-refractivity contribution in [3.63, 3.8) is 0 Å². The number of carbonyl (C=O) groups excluding carboxylic acids is 1. The van der Waals surface area contributed by atoms with E-state index in [0.29, 0.717) is 5.69 Å². The maximum atomic E-state index is 12.6. The molecule has 0 heterocycles. The van der Waals surface area contributed by atoms with E-state index >= 15 is 0 Å². The van der Waals surface area contributed by atoms with Gasteiger partial charge in [0.25, 0.3) is 0 Å². The maximum Gasteiger partial charge on any atom is 0.416 e. The summed E-state index contributed by atoms with van der Waals surface area (Å²) in [6, 6.07) is 5.06. The zero-order valence-corrected chi connectivity index (χ0v) is 11.7. The zero-order valence-electron chi connectivity index (χ0n) is 11.7. The zero-order chi connectivity index (χ0) is 15.3. The van der Waals surface area contributed by atoms with E-state index in [4.69, 9.17) is 0 Å². The van der Waals surface area contributed by atoms with Gasteiger partial charge >= 0.3 is 6.18 Å². The minimum Gasteiger partial charge on any atom is -0.376 e. The van der Waals surface area contributed by atoms with E-state index in [1.807, 2.05) is 0 Å². The van der Waals surface area contributed by atoms with Crippen LogP contribution < -0.4 is 10.6 Å². The summed E-state index contributed by atoms with van der Waals surface area (Å²) >= 11 is 0. The molecule has 1 saturated carbocycles. The molecule has 21 heavy (non-hydrogen) atoms. The summed E-state index contributed by atoms with van der Waals surface area (Å²) in [5, 5.41) is 5.64. The molecule has 0 aliphatic heterocycles. The van der Waals surface area contributed by atoms with Crippen molar-refractivity contribution in [3.8, 4) is 0 Å². The number of amides is 1. The summed E-state index contributed by atoms with van der Waals surface area (Å²) in [4.78, 5) is 11.8. The van der Waals surface area contributed by atoms with Crippen molar-refractivity contribution in [3.05, 3.63) is 29.8 Å². The first-order chi connectivity index (χ1) is 9.95. The summed E-state index contributed by atoms with van der Waals surface area (Å²) in [6.07, 6.45) is 1.03. The molecule has 1 aromatic carbocycles. The Labute approximate surface area is 121 Å². The average molecular weight is 300 g/mol. The number of halogens is 3. The van der Waals surface area contributed by atoms with E-state index in [9.17, 15) is 18.0 Å². The normalized spacial score (nSPS) is 16.5. The molecule has 0 saturated heterocycles. The Kier molecular flexibility index (Phi) is 5.09. The average Bonchev–Trinajstić information content (AvgIpc) is 2.46. The number of hydrogen-bond acceptors (Lipinski definition) is 2. The molecule has 1 aromatic rings. The molecule has 2 N–H and O–H groups in total. The van der Waals surface area contributed by atoms with E-state index < -0.39 is 11.7 Å². The predicted molar refractivity (Wildman–Crippen MR) is 74.9 cm³/mol. The molecule has 6 heteroatoms. The fourth-order valence-electron chi connectivity index (χ4n) is 2.51. The Morgan fingerprint density at radius 2 is 1.90 bits per heavy atom. The summed E-state index contributed by atoms with van der Waals surface area (Å²) in [6.45, 7) is -0.0161. The van der Waals surface area contributed by atoms with Gasteiger partial charge in [-0.1, -0.05) is 25.3 Å². The van der Waals surface area contributed by atoms with Gasteiger partial charge in [-0.25, -0.2) is 0 Å². The third kappa shape index (κ3) is 4.95. The van der Waals surface area contributed by atoms with Gasteiger partial charge in [0.05, 0.1) is 12.1 Å².